The summed E-state index contributed by atoms with van der Waals surface area (Å²) >= 11 is 0. The molecule has 1 amide bonds. The van der Waals surface area contributed by atoms with Crippen LogP contribution in [0.4, 0.5) is 0 Å². The van der Waals surface area contributed by atoms with E-state index < -0.39 is 0 Å². The number of methoxy groups -OCH3 is 1. The van der Waals surface area contributed by atoms with Gasteiger partial charge in [-0.05, 0) is 44.4 Å². The lowest BCUT2D eigenvalue weighted by Gasteiger charge is -2.29. The van der Waals surface area contributed by atoms with E-state index in [-0.39, 0.29) is 11.9 Å². The van der Waals surface area contributed by atoms with Crippen LogP contribution in [0.15, 0.2) is 18.3 Å². The molecule has 0 radical (unpaired) electrons. The first-order valence-corrected chi connectivity index (χ1v) is 7.27. The van der Waals surface area contributed by atoms with E-state index in [2.05, 4.69) is 22.5 Å². The number of carbonyl (C=O) groups excluding carboxylic acids is 1. The number of nitrogens with one attached hydrogen (secondary N) is 2. The molecule has 5 heteroatoms. The molecule has 1 heterocycles. The van der Waals surface area contributed by atoms with Crippen LogP contribution < -0.4 is 15.4 Å². The Morgan fingerprint density at radius 3 is 2.70 bits per heavy atom. The average molecular weight is 277 g/mol. The fraction of sp³-hybridized carbons (Fsp3) is 0.600. The van der Waals surface area contributed by atoms with Crippen molar-refractivity contribution in [1.29, 1.82) is 0 Å². The molecule has 110 valence electrons. The van der Waals surface area contributed by atoms with Gasteiger partial charge in [-0.25, -0.2) is 4.98 Å². The number of ether oxygens (including phenoxy) is 1. The van der Waals surface area contributed by atoms with Crippen molar-refractivity contribution in [2.75, 3.05) is 13.7 Å². The maximum Gasteiger partial charge on any atom is 0.256 e. The molecule has 20 heavy (non-hydrogen) atoms. The standard InChI is InChI=1S/C15H23N3O2/c1-3-16-11-6-8-12(9-7-11)18-14(19)13-5-4-10-17-15(13)20-2/h4-5,10-12,16H,3,6-9H2,1-2H3,(H,18,19). The minimum atomic E-state index is -0.0955. The van der Waals surface area contributed by atoms with Crippen LogP contribution in [-0.2, 0) is 0 Å². The second kappa shape index (κ2) is 7.24. The number of amides is 1. The van der Waals surface area contributed by atoms with Gasteiger partial charge in [0.25, 0.3) is 5.91 Å². The Hall–Kier alpha value is -1.62. The van der Waals surface area contributed by atoms with Gasteiger partial charge in [0.1, 0.15) is 5.56 Å². The third-order valence-electron chi connectivity index (χ3n) is 3.76. The van der Waals surface area contributed by atoms with Gasteiger partial charge in [0.05, 0.1) is 7.11 Å². The third kappa shape index (κ3) is 3.70. The molecule has 0 unspecified atom stereocenters. The number of aromatic nitrogens is 1. The molecular weight excluding hydrogens is 254 g/mol. The zero-order valence-electron chi connectivity index (χ0n) is 12.2. The monoisotopic (exact) mass is 277 g/mol. The van der Waals surface area contributed by atoms with Crippen LogP contribution in [0.1, 0.15) is 43.0 Å². The number of nitrogens with zero attached hydrogens (tertiary/aromatic N) is 1. The van der Waals surface area contributed by atoms with Crippen LogP contribution in [-0.4, -0.2) is 36.6 Å². The Labute approximate surface area is 120 Å². The number of hydrogen-bond acceptors (Lipinski definition) is 4. The van der Waals surface area contributed by atoms with E-state index in [1.54, 1.807) is 18.3 Å². The lowest BCUT2D eigenvalue weighted by Crippen LogP contribution is -2.42. The molecule has 1 fully saturated rings. The summed E-state index contributed by atoms with van der Waals surface area (Å²) in [5, 5.41) is 6.55. The lowest BCUT2D eigenvalue weighted by atomic mass is 9.91. The van der Waals surface area contributed by atoms with Gasteiger partial charge >= 0.3 is 0 Å². The van der Waals surface area contributed by atoms with E-state index in [1.807, 2.05) is 0 Å². The minimum absolute atomic E-state index is 0.0955. The second-order valence-corrected chi connectivity index (χ2v) is 5.14. The Kier molecular flexibility index (Phi) is 5.35. The average Bonchev–Trinajstić information content (AvgIpc) is 2.49. The highest BCUT2D eigenvalue weighted by molar-refractivity contribution is 5.96. The predicted molar refractivity (Wildman–Crippen MR) is 78.0 cm³/mol. The highest BCUT2D eigenvalue weighted by Crippen LogP contribution is 2.20. The summed E-state index contributed by atoms with van der Waals surface area (Å²) in [5.41, 5.74) is 0.504. The van der Waals surface area contributed by atoms with E-state index in [9.17, 15) is 4.79 Å². The van der Waals surface area contributed by atoms with Crippen LogP contribution in [0.5, 0.6) is 5.88 Å². The Morgan fingerprint density at radius 1 is 1.35 bits per heavy atom. The summed E-state index contributed by atoms with van der Waals surface area (Å²) in [6.07, 6.45) is 5.89. The molecular formula is C15H23N3O2. The quantitative estimate of drug-likeness (QED) is 0.860. The zero-order chi connectivity index (χ0) is 14.4. The molecule has 0 atom stereocenters. The summed E-state index contributed by atoms with van der Waals surface area (Å²) in [6.45, 7) is 3.14. The normalized spacial score (nSPS) is 22.3. The van der Waals surface area contributed by atoms with Gasteiger partial charge in [0.15, 0.2) is 0 Å². The molecule has 0 aliphatic heterocycles. The fourth-order valence-corrected chi connectivity index (χ4v) is 2.72. The highest BCUT2D eigenvalue weighted by Gasteiger charge is 2.23. The van der Waals surface area contributed by atoms with Gasteiger partial charge in [0.2, 0.25) is 5.88 Å². The highest BCUT2D eigenvalue weighted by atomic mass is 16.5. The molecule has 2 N–H and O–H groups in total. The Balaban J connectivity index is 1.89. The lowest BCUT2D eigenvalue weighted by molar-refractivity contribution is 0.0920. The van der Waals surface area contributed by atoms with E-state index in [0.29, 0.717) is 17.5 Å². The number of rotatable bonds is 5. The van der Waals surface area contributed by atoms with Crippen molar-refractivity contribution in [1.82, 2.24) is 15.6 Å². The van der Waals surface area contributed by atoms with Crippen molar-refractivity contribution in [3.8, 4) is 5.88 Å². The first kappa shape index (κ1) is 14.8. The fourth-order valence-electron chi connectivity index (χ4n) is 2.72. The van der Waals surface area contributed by atoms with Crippen molar-refractivity contribution in [2.45, 2.75) is 44.7 Å². The largest absolute Gasteiger partial charge is 0.480 e. The number of pyridine rings is 1. The van der Waals surface area contributed by atoms with Crippen molar-refractivity contribution in [3.63, 3.8) is 0 Å². The first-order valence-electron chi connectivity index (χ1n) is 7.27. The maximum atomic E-state index is 12.3. The molecule has 1 aliphatic rings. The summed E-state index contributed by atoms with van der Waals surface area (Å²) < 4.78 is 5.12. The van der Waals surface area contributed by atoms with E-state index in [1.165, 1.54) is 7.11 Å². The van der Waals surface area contributed by atoms with Gasteiger partial charge in [-0.15, -0.1) is 0 Å². The molecule has 2 rings (SSSR count). The SMILES string of the molecule is CCNC1CCC(NC(=O)c2cccnc2OC)CC1. The van der Waals surface area contributed by atoms with E-state index in [0.717, 1.165) is 32.2 Å². The van der Waals surface area contributed by atoms with Crippen LogP contribution in [0.3, 0.4) is 0 Å². The van der Waals surface area contributed by atoms with Crippen molar-refractivity contribution in [3.05, 3.63) is 23.9 Å². The van der Waals surface area contributed by atoms with Crippen molar-refractivity contribution in [2.24, 2.45) is 0 Å². The van der Waals surface area contributed by atoms with E-state index in [4.69, 9.17) is 4.74 Å². The zero-order valence-corrected chi connectivity index (χ0v) is 12.2. The number of carbonyl (C=O) groups is 1. The molecule has 1 saturated carbocycles. The van der Waals surface area contributed by atoms with Crippen LogP contribution >= 0.6 is 0 Å². The first-order chi connectivity index (χ1) is 9.74. The van der Waals surface area contributed by atoms with Gasteiger partial charge in [0, 0.05) is 18.3 Å². The van der Waals surface area contributed by atoms with Crippen LogP contribution in [0.2, 0.25) is 0 Å². The summed E-state index contributed by atoms with van der Waals surface area (Å²) in [5.74, 6) is 0.285. The smallest absolute Gasteiger partial charge is 0.256 e. The van der Waals surface area contributed by atoms with Crippen LogP contribution in [0.25, 0.3) is 0 Å². The van der Waals surface area contributed by atoms with Crippen molar-refractivity contribution >= 4 is 5.91 Å². The Morgan fingerprint density at radius 2 is 2.05 bits per heavy atom. The molecule has 0 bridgehead atoms. The van der Waals surface area contributed by atoms with Gasteiger partial charge in [-0.2, -0.15) is 0 Å². The molecule has 1 aromatic rings. The molecule has 0 spiro atoms. The molecule has 1 aromatic heterocycles. The summed E-state index contributed by atoms with van der Waals surface area (Å²) in [7, 11) is 1.53. The molecule has 5 nitrogen and oxygen atoms in total. The second-order valence-electron chi connectivity index (χ2n) is 5.14. The molecule has 1 aliphatic carbocycles. The topological polar surface area (TPSA) is 63.2 Å². The van der Waals surface area contributed by atoms with Crippen molar-refractivity contribution < 1.29 is 9.53 Å². The maximum absolute atomic E-state index is 12.3. The molecule has 0 saturated heterocycles. The molecule has 0 aromatic carbocycles. The third-order valence-corrected chi connectivity index (χ3v) is 3.76. The van der Waals surface area contributed by atoms with Gasteiger partial charge in [-0.1, -0.05) is 6.92 Å². The van der Waals surface area contributed by atoms with Gasteiger partial charge < -0.3 is 15.4 Å². The summed E-state index contributed by atoms with van der Waals surface area (Å²) in [6, 6.07) is 4.34. The number of hydrogen-bond donors (Lipinski definition) is 2. The predicted octanol–water partition coefficient (Wildman–Crippen LogP) is 1.74. The van der Waals surface area contributed by atoms with E-state index >= 15 is 0 Å². The minimum Gasteiger partial charge on any atom is -0.480 e. The summed E-state index contributed by atoms with van der Waals surface area (Å²) in [4.78, 5) is 16.3. The van der Waals surface area contributed by atoms with Crippen LogP contribution in [0, 0.1) is 0 Å². The van der Waals surface area contributed by atoms with Gasteiger partial charge in [-0.3, -0.25) is 4.79 Å². The Bertz CT molecular complexity index is 442.